The minimum absolute atomic E-state index is 0.114. The molecule has 3 rings (SSSR count). The molecular formula is C14H17FN2O. The summed E-state index contributed by atoms with van der Waals surface area (Å²) in [5, 5.41) is 6.03. The van der Waals surface area contributed by atoms with Crippen LogP contribution in [0.3, 0.4) is 0 Å². The third-order valence-corrected chi connectivity index (χ3v) is 3.74. The maximum atomic E-state index is 13.8. The summed E-state index contributed by atoms with van der Waals surface area (Å²) in [4.78, 5) is 11.3. The fourth-order valence-corrected chi connectivity index (χ4v) is 2.86. The minimum Gasteiger partial charge on any atom is -0.323 e. The Balaban J connectivity index is 1.79. The quantitative estimate of drug-likeness (QED) is 0.840. The summed E-state index contributed by atoms with van der Waals surface area (Å²) >= 11 is 0. The second kappa shape index (κ2) is 4.69. The van der Waals surface area contributed by atoms with Gasteiger partial charge in [0.1, 0.15) is 5.82 Å². The lowest BCUT2D eigenvalue weighted by Gasteiger charge is -2.23. The number of halogens is 1. The largest absolute Gasteiger partial charge is 0.323 e. The normalized spacial score (nSPS) is 22.7. The van der Waals surface area contributed by atoms with E-state index in [4.69, 9.17) is 0 Å². The van der Waals surface area contributed by atoms with Crippen molar-refractivity contribution in [2.45, 2.75) is 38.1 Å². The molecule has 1 saturated heterocycles. The summed E-state index contributed by atoms with van der Waals surface area (Å²) in [6.07, 6.45) is 4.77. The molecule has 0 spiro atoms. The van der Waals surface area contributed by atoms with Crippen LogP contribution >= 0.6 is 0 Å². The molecule has 2 heterocycles. The van der Waals surface area contributed by atoms with Gasteiger partial charge in [0.25, 0.3) is 0 Å². The van der Waals surface area contributed by atoms with E-state index in [0.717, 1.165) is 30.5 Å². The van der Waals surface area contributed by atoms with Crippen molar-refractivity contribution >= 4 is 11.6 Å². The number of hydrogen-bond donors (Lipinski definition) is 2. The van der Waals surface area contributed by atoms with Crippen molar-refractivity contribution in [1.82, 2.24) is 5.32 Å². The molecule has 0 radical (unpaired) electrons. The highest BCUT2D eigenvalue weighted by molar-refractivity contribution is 5.99. The van der Waals surface area contributed by atoms with Crippen molar-refractivity contribution in [2.75, 3.05) is 11.9 Å². The zero-order chi connectivity index (χ0) is 12.5. The molecule has 4 heteroatoms. The number of piperidine rings is 1. The molecule has 1 aromatic carbocycles. The predicted octanol–water partition coefficient (Wildman–Crippen LogP) is 2.00. The maximum absolute atomic E-state index is 13.8. The Morgan fingerprint density at radius 2 is 2.22 bits per heavy atom. The maximum Gasteiger partial charge on any atom is 0.228 e. The molecule has 1 atom stereocenters. The molecule has 0 aromatic heterocycles. The summed E-state index contributed by atoms with van der Waals surface area (Å²) in [7, 11) is 0. The van der Waals surface area contributed by atoms with E-state index in [9.17, 15) is 9.18 Å². The summed E-state index contributed by atoms with van der Waals surface area (Å²) in [6.45, 7) is 1.05. The topological polar surface area (TPSA) is 41.1 Å². The van der Waals surface area contributed by atoms with E-state index < -0.39 is 0 Å². The molecule has 1 unspecified atom stereocenters. The number of hydrogen-bond acceptors (Lipinski definition) is 2. The van der Waals surface area contributed by atoms with Crippen LogP contribution in [0, 0.1) is 5.82 Å². The number of carbonyl (C=O) groups excluding carboxylic acids is 1. The lowest BCUT2D eigenvalue weighted by molar-refractivity contribution is -0.115. The van der Waals surface area contributed by atoms with Crippen molar-refractivity contribution in [1.29, 1.82) is 0 Å². The molecule has 2 aliphatic heterocycles. The summed E-state index contributed by atoms with van der Waals surface area (Å²) < 4.78 is 13.8. The molecule has 3 nitrogen and oxygen atoms in total. The average Bonchev–Trinajstić information content (AvgIpc) is 2.72. The Morgan fingerprint density at radius 1 is 1.33 bits per heavy atom. The number of carbonyl (C=O) groups is 1. The average molecular weight is 248 g/mol. The van der Waals surface area contributed by atoms with Crippen molar-refractivity contribution in [3.63, 3.8) is 0 Å². The monoisotopic (exact) mass is 248 g/mol. The second-order valence-electron chi connectivity index (χ2n) is 5.19. The fraction of sp³-hybridized carbons (Fsp3) is 0.500. The SMILES string of the molecule is O=C1Cc2cc(CC3CCCCN3)cc(F)c2N1. The van der Waals surface area contributed by atoms with Gasteiger partial charge in [-0.15, -0.1) is 0 Å². The van der Waals surface area contributed by atoms with Gasteiger partial charge in [-0.3, -0.25) is 4.79 Å². The molecule has 0 saturated carbocycles. The van der Waals surface area contributed by atoms with E-state index in [2.05, 4.69) is 10.6 Å². The summed E-state index contributed by atoms with van der Waals surface area (Å²) in [5.74, 6) is -0.416. The van der Waals surface area contributed by atoms with Gasteiger partial charge < -0.3 is 10.6 Å². The molecule has 2 N–H and O–H groups in total. The van der Waals surface area contributed by atoms with Gasteiger partial charge in [0.05, 0.1) is 12.1 Å². The number of fused-ring (bicyclic) bond motifs is 1. The van der Waals surface area contributed by atoms with Crippen molar-refractivity contribution in [3.05, 3.63) is 29.1 Å². The second-order valence-corrected chi connectivity index (χ2v) is 5.19. The van der Waals surface area contributed by atoms with Gasteiger partial charge in [0.15, 0.2) is 0 Å². The van der Waals surface area contributed by atoms with E-state index in [1.54, 1.807) is 6.07 Å². The van der Waals surface area contributed by atoms with E-state index in [0.29, 0.717) is 18.2 Å². The van der Waals surface area contributed by atoms with Crippen LogP contribution in [-0.4, -0.2) is 18.5 Å². The van der Waals surface area contributed by atoms with Gasteiger partial charge in [0, 0.05) is 6.04 Å². The molecule has 96 valence electrons. The van der Waals surface area contributed by atoms with E-state index in [1.165, 1.54) is 12.8 Å². The Kier molecular flexibility index (Phi) is 3.04. The highest BCUT2D eigenvalue weighted by atomic mass is 19.1. The molecule has 0 aliphatic carbocycles. The Hall–Kier alpha value is -1.42. The van der Waals surface area contributed by atoms with Crippen LogP contribution < -0.4 is 10.6 Å². The van der Waals surface area contributed by atoms with E-state index in [1.807, 2.05) is 6.07 Å². The lowest BCUT2D eigenvalue weighted by atomic mass is 9.96. The first-order chi connectivity index (χ1) is 8.72. The number of nitrogens with one attached hydrogen (secondary N) is 2. The molecule has 1 fully saturated rings. The Morgan fingerprint density at radius 3 is 3.00 bits per heavy atom. The summed E-state index contributed by atoms with van der Waals surface area (Å²) in [5.41, 5.74) is 2.16. The highest BCUT2D eigenvalue weighted by Gasteiger charge is 2.23. The van der Waals surface area contributed by atoms with Crippen LogP contribution in [-0.2, 0) is 17.6 Å². The van der Waals surface area contributed by atoms with Gasteiger partial charge >= 0.3 is 0 Å². The van der Waals surface area contributed by atoms with Crippen LogP contribution in [0.5, 0.6) is 0 Å². The first kappa shape index (κ1) is 11.7. The van der Waals surface area contributed by atoms with Crippen LogP contribution in [0.4, 0.5) is 10.1 Å². The minimum atomic E-state index is -0.302. The van der Waals surface area contributed by atoms with E-state index in [-0.39, 0.29) is 11.7 Å². The summed E-state index contributed by atoms with van der Waals surface area (Å²) in [6, 6.07) is 3.97. The van der Waals surface area contributed by atoms with Crippen molar-refractivity contribution in [2.24, 2.45) is 0 Å². The van der Waals surface area contributed by atoms with Gasteiger partial charge in [-0.05, 0) is 43.0 Å². The van der Waals surface area contributed by atoms with Gasteiger partial charge in [-0.2, -0.15) is 0 Å². The predicted molar refractivity (Wildman–Crippen MR) is 68.1 cm³/mol. The van der Waals surface area contributed by atoms with Gasteiger partial charge in [-0.25, -0.2) is 4.39 Å². The van der Waals surface area contributed by atoms with Gasteiger partial charge in [0.2, 0.25) is 5.91 Å². The molecule has 1 aromatic rings. The van der Waals surface area contributed by atoms with Crippen LogP contribution in [0.15, 0.2) is 12.1 Å². The third kappa shape index (κ3) is 2.25. The number of amides is 1. The number of benzene rings is 1. The van der Waals surface area contributed by atoms with Gasteiger partial charge in [-0.1, -0.05) is 12.5 Å². The van der Waals surface area contributed by atoms with Crippen LogP contribution in [0.1, 0.15) is 30.4 Å². The van der Waals surface area contributed by atoms with E-state index >= 15 is 0 Å². The number of rotatable bonds is 2. The smallest absolute Gasteiger partial charge is 0.228 e. The Labute approximate surface area is 106 Å². The first-order valence-electron chi connectivity index (χ1n) is 6.57. The zero-order valence-electron chi connectivity index (χ0n) is 10.3. The zero-order valence-corrected chi connectivity index (χ0v) is 10.3. The lowest BCUT2D eigenvalue weighted by Crippen LogP contribution is -2.35. The molecule has 0 bridgehead atoms. The van der Waals surface area contributed by atoms with Crippen molar-refractivity contribution in [3.8, 4) is 0 Å². The number of anilines is 1. The molecule has 2 aliphatic rings. The molecular weight excluding hydrogens is 231 g/mol. The van der Waals surface area contributed by atoms with Crippen molar-refractivity contribution < 1.29 is 9.18 Å². The van der Waals surface area contributed by atoms with Crippen LogP contribution in [0.2, 0.25) is 0 Å². The highest BCUT2D eigenvalue weighted by Crippen LogP contribution is 2.28. The fourth-order valence-electron chi connectivity index (χ4n) is 2.86. The molecule has 1 amide bonds. The van der Waals surface area contributed by atoms with Crippen LogP contribution in [0.25, 0.3) is 0 Å². The third-order valence-electron chi connectivity index (χ3n) is 3.74. The Bertz CT molecular complexity index is 481. The standard InChI is InChI=1S/C14H17FN2O/c15-12-7-9(6-11-3-1-2-4-16-11)5-10-8-13(18)17-14(10)12/h5,7,11,16H,1-4,6,8H2,(H,17,18). The first-order valence-corrected chi connectivity index (χ1v) is 6.57. The molecule has 18 heavy (non-hydrogen) atoms.